The number of carbonyl (C=O) groups excluding carboxylic acids is 1. The van der Waals surface area contributed by atoms with Gasteiger partial charge in [0.15, 0.2) is 0 Å². The number of hydrogen-bond donors (Lipinski definition) is 1. The molecule has 0 aliphatic carbocycles. The number of ether oxygens (including phenoxy) is 1. The lowest BCUT2D eigenvalue weighted by molar-refractivity contribution is -0.115. The number of aromatic nitrogens is 1. The number of nitrogens with one attached hydrogen (secondary N) is 1. The van der Waals surface area contributed by atoms with E-state index in [1.54, 1.807) is 25.4 Å². The average Bonchev–Trinajstić information content (AvgIpc) is 2.38. The van der Waals surface area contributed by atoms with Crippen LogP contribution >= 0.6 is 15.9 Å². The van der Waals surface area contributed by atoms with Crippen molar-refractivity contribution in [3.8, 4) is 5.75 Å². The molecule has 1 aromatic carbocycles. The van der Waals surface area contributed by atoms with Gasteiger partial charge in [0.1, 0.15) is 11.6 Å². The summed E-state index contributed by atoms with van der Waals surface area (Å²) in [6.07, 6.45) is 1.88. The highest BCUT2D eigenvalue weighted by atomic mass is 79.9. The van der Waals surface area contributed by atoms with Crippen molar-refractivity contribution in [2.75, 3.05) is 12.4 Å². The molecule has 0 saturated heterocycles. The first-order chi connectivity index (χ1) is 9.58. The fourth-order valence-corrected chi connectivity index (χ4v) is 2.21. The molecule has 0 aliphatic heterocycles. The zero-order valence-corrected chi connectivity index (χ0v) is 12.9. The maximum atomic E-state index is 12.1. The largest absolute Gasteiger partial charge is 0.496 e. The van der Waals surface area contributed by atoms with Crippen molar-refractivity contribution in [1.29, 1.82) is 0 Å². The summed E-state index contributed by atoms with van der Waals surface area (Å²) < 4.78 is 6.14. The van der Waals surface area contributed by atoms with Crippen molar-refractivity contribution in [2.24, 2.45) is 0 Å². The molecule has 104 valence electrons. The molecule has 0 radical (unpaired) electrons. The summed E-state index contributed by atoms with van der Waals surface area (Å²) in [6, 6.07) is 9.34. The van der Waals surface area contributed by atoms with E-state index in [4.69, 9.17) is 4.74 Å². The monoisotopic (exact) mass is 334 g/mol. The number of pyridine rings is 1. The van der Waals surface area contributed by atoms with Gasteiger partial charge in [-0.25, -0.2) is 4.98 Å². The summed E-state index contributed by atoms with van der Waals surface area (Å²) >= 11 is 3.34. The molecule has 0 fully saturated rings. The zero-order valence-electron chi connectivity index (χ0n) is 11.3. The minimum Gasteiger partial charge on any atom is -0.496 e. The van der Waals surface area contributed by atoms with Gasteiger partial charge in [-0.2, -0.15) is 0 Å². The van der Waals surface area contributed by atoms with E-state index in [0.717, 1.165) is 15.6 Å². The first-order valence-corrected chi connectivity index (χ1v) is 6.92. The number of anilines is 1. The van der Waals surface area contributed by atoms with Crippen LogP contribution in [0.15, 0.2) is 41.0 Å². The summed E-state index contributed by atoms with van der Waals surface area (Å²) in [5.41, 5.74) is 1.95. The predicted octanol–water partition coefficient (Wildman–Crippen LogP) is 3.34. The van der Waals surface area contributed by atoms with Crippen LogP contribution in [-0.2, 0) is 11.2 Å². The Kier molecular flexibility index (Phi) is 4.74. The third-order valence-corrected chi connectivity index (χ3v) is 3.27. The van der Waals surface area contributed by atoms with Crippen LogP contribution in [0.4, 0.5) is 5.82 Å². The highest BCUT2D eigenvalue weighted by Gasteiger charge is 2.10. The number of hydrogen-bond acceptors (Lipinski definition) is 3. The first kappa shape index (κ1) is 14.5. The summed E-state index contributed by atoms with van der Waals surface area (Å²) in [6.45, 7) is 1.98. The van der Waals surface area contributed by atoms with E-state index in [2.05, 4.69) is 26.2 Å². The Balaban J connectivity index is 2.10. The molecular formula is C15H15BrN2O2. The first-order valence-electron chi connectivity index (χ1n) is 6.13. The highest BCUT2D eigenvalue weighted by Crippen LogP contribution is 2.21. The SMILES string of the molecule is COc1ccc(C)cc1CC(=O)Nc1cc(Br)ccn1. The van der Waals surface area contributed by atoms with Gasteiger partial charge < -0.3 is 10.1 Å². The van der Waals surface area contributed by atoms with Crippen LogP contribution in [0.3, 0.4) is 0 Å². The van der Waals surface area contributed by atoms with Gasteiger partial charge in [-0.1, -0.05) is 33.6 Å². The standard InChI is InChI=1S/C15H15BrN2O2/c1-10-3-4-13(20-2)11(7-10)8-15(19)18-14-9-12(16)5-6-17-14/h3-7,9H,8H2,1-2H3,(H,17,18,19). The van der Waals surface area contributed by atoms with Crippen molar-refractivity contribution in [3.63, 3.8) is 0 Å². The van der Waals surface area contributed by atoms with Crippen LogP contribution < -0.4 is 10.1 Å². The van der Waals surface area contributed by atoms with Gasteiger partial charge in [0, 0.05) is 16.2 Å². The number of amides is 1. The van der Waals surface area contributed by atoms with Crippen LogP contribution in [0, 0.1) is 6.92 Å². The van der Waals surface area contributed by atoms with Crippen molar-refractivity contribution in [2.45, 2.75) is 13.3 Å². The number of methoxy groups -OCH3 is 1. The average molecular weight is 335 g/mol. The Morgan fingerprint density at radius 2 is 2.15 bits per heavy atom. The van der Waals surface area contributed by atoms with Crippen molar-refractivity contribution in [1.82, 2.24) is 4.98 Å². The molecule has 0 spiro atoms. The Bertz CT molecular complexity index is 629. The van der Waals surface area contributed by atoms with E-state index < -0.39 is 0 Å². The lowest BCUT2D eigenvalue weighted by Gasteiger charge is -2.09. The van der Waals surface area contributed by atoms with E-state index >= 15 is 0 Å². The molecule has 2 aromatic rings. The molecule has 4 nitrogen and oxygen atoms in total. The fourth-order valence-electron chi connectivity index (χ4n) is 1.88. The van der Waals surface area contributed by atoms with Crippen LogP contribution in [0.1, 0.15) is 11.1 Å². The van der Waals surface area contributed by atoms with Gasteiger partial charge in [0.2, 0.25) is 5.91 Å². The lowest BCUT2D eigenvalue weighted by Crippen LogP contribution is -2.15. The van der Waals surface area contributed by atoms with Crippen LogP contribution in [0.2, 0.25) is 0 Å². The van der Waals surface area contributed by atoms with Gasteiger partial charge >= 0.3 is 0 Å². The summed E-state index contributed by atoms with van der Waals surface area (Å²) in [7, 11) is 1.60. The molecule has 1 aromatic heterocycles. The lowest BCUT2D eigenvalue weighted by atomic mass is 10.1. The summed E-state index contributed by atoms with van der Waals surface area (Å²) in [5, 5.41) is 2.77. The van der Waals surface area contributed by atoms with E-state index in [-0.39, 0.29) is 12.3 Å². The highest BCUT2D eigenvalue weighted by molar-refractivity contribution is 9.10. The molecule has 0 saturated carbocycles. The normalized spacial score (nSPS) is 10.2. The van der Waals surface area contributed by atoms with Gasteiger partial charge in [-0.15, -0.1) is 0 Å². The molecule has 0 bridgehead atoms. The fraction of sp³-hybridized carbons (Fsp3) is 0.200. The number of halogens is 1. The third kappa shape index (κ3) is 3.81. The van der Waals surface area contributed by atoms with E-state index in [1.165, 1.54) is 0 Å². The Morgan fingerprint density at radius 3 is 2.85 bits per heavy atom. The smallest absolute Gasteiger partial charge is 0.230 e. The zero-order chi connectivity index (χ0) is 14.5. The van der Waals surface area contributed by atoms with E-state index in [0.29, 0.717) is 11.6 Å². The molecule has 0 atom stereocenters. The quantitative estimate of drug-likeness (QED) is 0.932. The van der Waals surface area contributed by atoms with Gasteiger partial charge in [0.05, 0.1) is 13.5 Å². The topological polar surface area (TPSA) is 51.2 Å². The predicted molar refractivity (Wildman–Crippen MR) is 82.0 cm³/mol. The van der Waals surface area contributed by atoms with Crippen LogP contribution in [0.5, 0.6) is 5.75 Å². The minimum atomic E-state index is -0.125. The molecular weight excluding hydrogens is 320 g/mol. The van der Waals surface area contributed by atoms with Crippen LogP contribution in [-0.4, -0.2) is 18.0 Å². The second-order valence-electron chi connectivity index (χ2n) is 4.40. The van der Waals surface area contributed by atoms with Crippen molar-refractivity contribution in [3.05, 3.63) is 52.1 Å². The summed E-state index contributed by atoms with van der Waals surface area (Å²) in [5.74, 6) is 1.11. The molecule has 5 heteroatoms. The number of aryl methyl sites for hydroxylation is 1. The second-order valence-corrected chi connectivity index (χ2v) is 5.32. The molecule has 2 rings (SSSR count). The maximum absolute atomic E-state index is 12.1. The Labute approximate surface area is 126 Å². The number of rotatable bonds is 4. The van der Waals surface area contributed by atoms with Crippen molar-refractivity contribution >= 4 is 27.7 Å². The number of carbonyl (C=O) groups is 1. The second kappa shape index (κ2) is 6.52. The molecule has 20 heavy (non-hydrogen) atoms. The Morgan fingerprint density at radius 1 is 1.35 bits per heavy atom. The van der Waals surface area contributed by atoms with E-state index in [9.17, 15) is 4.79 Å². The third-order valence-electron chi connectivity index (χ3n) is 2.78. The van der Waals surface area contributed by atoms with Crippen LogP contribution in [0.25, 0.3) is 0 Å². The Hall–Kier alpha value is -1.88. The minimum absolute atomic E-state index is 0.125. The van der Waals surface area contributed by atoms with Gasteiger partial charge in [-0.05, 0) is 25.1 Å². The van der Waals surface area contributed by atoms with Gasteiger partial charge in [0.25, 0.3) is 0 Å². The molecule has 0 unspecified atom stereocenters. The molecule has 0 aliphatic rings. The summed E-state index contributed by atoms with van der Waals surface area (Å²) in [4.78, 5) is 16.1. The molecule has 1 amide bonds. The number of nitrogens with zero attached hydrogens (tertiary/aromatic N) is 1. The number of benzene rings is 1. The molecule has 1 heterocycles. The van der Waals surface area contributed by atoms with Gasteiger partial charge in [-0.3, -0.25) is 4.79 Å². The maximum Gasteiger partial charge on any atom is 0.230 e. The molecule has 1 N–H and O–H groups in total. The van der Waals surface area contributed by atoms with Crippen molar-refractivity contribution < 1.29 is 9.53 Å². The van der Waals surface area contributed by atoms with E-state index in [1.807, 2.05) is 25.1 Å².